The third-order valence-electron chi connectivity index (χ3n) is 3.77. The second-order valence-corrected chi connectivity index (χ2v) is 5.37. The standard InChI is InChI=1S/C17H16FNO2/c18-15-9-8-13(10-14(15)17(20)21)19-16(12-6-7-12)11-4-2-1-3-5-11/h1-5,8-10,12,16,19H,6-7H2,(H,20,21). The molecule has 0 heterocycles. The molecule has 0 radical (unpaired) electrons. The summed E-state index contributed by atoms with van der Waals surface area (Å²) in [6, 6.07) is 14.3. The Morgan fingerprint density at radius 2 is 1.90 bits per heavy atom. The number of anilines is 1. The van der Waals surface area contributed by atoms with Gasteiger partial charge in [-0.2, -0.15) is 0 Å². The van der Waals surface area contributed by atoms with Crippen LogP contribution in [0.2, 0.25) is 0 Å². The molecular weight excluding hydrogens is 269 g/mol. The maximum absolute atomic E-state index is 13.4. The van der Waals surface area contributed by atoms with Crippen molar-refractivity contribution in [2.24, 2.45) is 5.92 Å². The number of aromatic carboxylic acids is 1. The lowest BCUT2D eigenvalue weighted by molar-refractivity contribution is 0.0692. The summed E-state index contributed by atoms with van der Waals surface area (Å²) in [7, 11) is 0. The molecule has 1 aliphatic rings. The molecule has 3 nitrogen and oxygen atoms in total. The van der Waals surface area contributed by atoms with Gasteiger partial charge < -0.3 is 10.4 Å². The predicted octanol–water partition coefficient (Wildman–Crippen LogP) is 4.09. The number of carboxylic acid groups (broad SMARTS) is 1. The minimum absolute atomic E-state index is 0.137. The first-order valence-electron chi connectivity index (χ1n) is 6.99. The van der Waals surface area contributed by atoms with Crippen LogP contribution in [0, 0.1) is 11.7 Å². The van der Waals surface area contributed by atoms with Crippen LogP contribution in [0.5, 0.6) is 0 Å². The highest BCUT2D eigenvalue weighted by Gasteiger charge is 2.32. The van der Waals surface area contributed by atoms with Gasteiger partial charge in [0.15, 0.2) is 0 Å². The zero-order chi connectivity index (χ0) is 14.8. The van der Waals surface area contributed by atoms with Crippen LogP contribution in [0.25, 0.3) is 0 Å². The van der Waals surface area contributed by atoms with Gasteiger partial charge in [-0.25, -0.2) is 9.18 Å². The summed E-state index contributed by atoms with van der Waals surface area (Å²) in [4.78, 5) is 11.0. The predicted molar refractivity (Wildman–Crippen MR) is 78.9 cm³/mol. The van der Waals surface area contributed by atoms with Crippen LogP contribution in [0.3, 0.4) is 0 Å². The molecule has 1 atom stereocenters. The number of hydrogen-bond acceptors (Lipinski definition) is 2. The Labute approximate surface area is 122 Å². The summed E-state index contributed by atoms with van der Waals surface area (Å²) < 4.78 is 13.4. The van der Waals surface area contributed by atoms with Crippen molar-refractivity contribution in [1.82, 2.24) is 0 Å². The smallest absolute Gasteiger partial charge is 0.338 e. The number of benzene rings is 2. The molecule has 2 aromatic carbocycles. The number of carbonyl (C=O) groups is 1. The lowest BCUT2D eigenvalue weighted by Crippen LogP contribution is -2.13. The van der Waals surface area contributed by atoms with E-state index in [2.05, 4.69) is 17.4 Å². The molecule has 0 saturated heterocycles. The summed E-state index contributed by atoms with van der Waals surface area (Å²) >= 11 is 0. The fourth-order valence-corrected chi connectivity index (χ4v) is 2.52. The maximum Gasteiger partial charge on any atom is 0.338 e. The molecule has 0 aromatic heterocycles. The normalized spacial score (nSPS) is 15.5. The number of rotatable bonds is 5. The summed E-state index contributed by atoms with van der Waals surface area (Å²) in [5.74, 6) is -1.42. The first-order valence-corrected chi connectivity index (χ1v) is 6.99. The molecule has 0 bridgehead atoms. The van der Waals surface area contributed by atoms with E-state index in [1.807, 2.05) is 18.2 Å². The molecular formula is C17H16FNO2. The van der Waals surface area contributed by atoms with E-state index in [0.717, 1.165) is 12.8 Å². The third-order valence-corrected chi connectivity index (χ3v) is 3.77. The molecule has 3 rings (SSSR count). The van der Waals surface area contributed by atoms with E-state index >= 15 is 0 Å². The monoisotopic (exact) mass is 285 g/mol. The summed E-state index contributed by atoms with van der Waals surface area (Å²) in [6.45, 7) is 0. The van der Waals surface area contributed by atoms with Gasteiger partial charge in [-0.3, -0.25) is 0 Å². The molecule has 2 N–H and O–H groups in total. The number of halogens is 1. The number of nitrogens with one attached hydrogen (secondary N) is 1. The van der Waals surface area contributed by atoms with Crippen molar-refractivity contribution in [3.05, 3.63) is 65.5 Å². The lowest BCUT2D eigenvalue weighted by Gasteiger charge is -2.20. The van der Waals surface area contributed by atoms with Crippen LogP contribution in [-0.4, -0.2) is 11.1 Å². The van der Waals surface area contributed by atoms with Crippen molar-refractivity contribution in [3.63, 3.8) is 0 Å². The van der Waals surface area contributed by atoms with Crippen molar-refractivity contribution in [2.75, 3.05) is 5.32 Å². The van der Waals surface area contributed by atoms with Crippen LogP contribution >= 0.6 is 0 Å². The highest BCUT2D eigenvalue weighted by atomic mass is 19.1. The molecule has 1 saturated carbocycles. The van der Waals surface area contributed by atoms with E-state index in [4.69, 9.17) is 5.11 Å². The molecule has 21 heavy (non-hydrogen) atoms. The van der Waals surface area contributed by atoms with Gasteiger partial charge in [0.25, 0.3) is 0 Å². The third kappa shape index (κ3) is 3.05. The largest absolute Gasteiger partial charge is 0.478 e. The Balaban J connectivity index is 1.87. The van der Waals surface area contributed by atoms with Crippen molar-refractivity contribution in [2.45, 2.75) is 18.9 Å². The molecule has 108 valence electrons. The average Bonchev–Trinajstić information content (AvgIpc) is 3.31. The van der Waals surface area contributed by atoms with Gasteiger partial charge in [-0.05, 0) is 42.5 Å². The van der Waals surface area contributed by atoms with Crippen molar-refractivity contribution < 1.29 is 14.3 Å². The molecule has 1 fully saturated rings. The number of hydrogen-bond donors (Lipinski definition) is 2. The quantitative estimate of drug-likeness (QED) is 0.870. The molecule has 4 heteroatoms. The Bertz CT molecular complexity index is 653. The fraction of sp³-hybridized carbons (Fsp3) is 0.235. The minimum Gasteiger partial charge on any atom is -0.478 e. The zero-order valence-corrected chi connectivity index (χ0v) is 11.4. The minimum atomic E-state index is -1.25. The van der Waals surface area contributed by atoms with Crippen LogP contribution < -0.4 is 5.32 Å². The average molecular weight is 285 g/mol. The zero-order valence-electron chi connectivity index (χ0n) is 11.4. The van der Waals surface area contributed by atoms with E-state index in [1.165, 1.54) is 17.7 Å². The van der Waals surface area contributed by atoms with E-state index in [-0.39, 0.29) is 11.6 Å². The van der Waals surface area contributed by atoms with Crippen molar-refractivity contribution in [1.29, 1.82) is 0 Å². The first kappa shape index (κ1) is 13.6. The Morgan fingerprint density at radius 3 is 2.52 bits per heavy atom. The SMILES string of the molecule is O=C(O)c1cc(NC(c2ccccc2)C2CC2)ccc1F. The highest BCUT2D eigenvalue weighted by molar-refractivity contribution is 5.89. The first-order chi connectivity index (χ1) is 10.1. The van der Waals surface area contributed by atoms with Gasteiger partial charge in [-0.15, -0.1) is 0 Å². The molecule has 0 aliphatic heterocycles. The fourth-order valence-electron chi connectivity index (χ4n) is 2.52. The molecule has 0 amide bonds. The summed E-state index contributed by atoms with van der Waals surface area (Å²) in [6.07, 6.45) is 2.30. The Morgan fingerprint density at radius 1 is 1.19 bits per heavy atom. The summed E-state index contributed by atoms with van der Waals surface area (Å²) in [5.41, 5.74) is 1.50. The van der Waals surface area contributed by atoms with Gasteiger partial charge in [-0.1, -0.05) is 30.3 Å². The van der Waals surface area contributed by atoms with Crippen LogP contribution in [0.1, 0.15) is 34.8 Å². The van der Waals surface area contributed by atoms with E-state index < -0.39 is 11.8 Å². The topological polar surface area (TPSA) is 49.3 Å². The number of carboxylic acids is 1. The van der Waals surface area contributed by atoms with Crippen LogP contribution in [-0.2, 0) is 0 Å². The van der Waals surface area contributed by atoms with E-state index in [0.29, 0.717) is 11.6 Å². The lowest BCUT2D eigenvalue weighted by atomic mass is 10.0. The van der Waals surface area contributed by atoms with E-state index in [9.17, 15) is 9.18 Å². The summed E-state index contributed by atoms with van der Waals surface area (Å²) in [5, 5.41) is 12.3. The van der Waals surface area contributed by atoms with Crippen molar-refractivity contribution in [3.8, 4) is 0 Å². The van der Waals surface area contributed by atoms with Gasteiger partial charge in [0.2, 0.25) is 0 Å². The Hall–Kier alpha value is -2.36. The second-order valence-electron chi connectivity index (χ2n) is 5.37. The molecule has 1 unspecified atom stereocenters. The maximum atomic E-state index is 13.4. The highest BCUT2D eigenvalue weighted by Crippen LogP contribution is 2.42. The molecule has 1 aliphatic carbocycles. The van der Waals surface area contributed by atoms with Crippen molar-refractivity contribution >= 4 is 11.7 Å². The Kier molecular flexibility index (Phi) is 3.60. The van der Waals surface area contributed by atoms with Crippen LogP contribution in [0.15, 0.2) is 48.5 Å². The van der Waals surface area contributed by atoms with Gasteiger partial charge in [0, 0.05) is 5.69 Å². The molecule has 0 spiro atoms. The van der Waals surface area contributed by atoms with Gasteiger partial charge >= 0.3 is 5.97 Å². The second kappa shape index (κ2) is 5.56. The van der Waals surface area contributed by atoms with Crippen LogP contribution in [0.4, 0.5) is 10.1 Å². The van der Waals surface area contributed by atoms with Gasteiger partial charge in [0.1, 0.15) is 5.82 Å². The molecule has 2 aromatic rings. The van der Waals surface area contributed by atoms with E-state index in [1.54, 1.807) is 6.07 Å². The van der Waals surface area contributed by atoms with Gasteiger partial charge in [0.05, 0.1) is 11.6 Å².